The summed E-state index contributed by atoms with van der Waals surface area (Å²) in [5.74, 6) is 0.277. The Bertz CT molecular complexity index is 1130. The molecule has 4 rings (SSSR count). The number of hydrogen-bond donors (Lipinski definition) is 0. The van der Waals surface area contributed by atoms with Gasteiger partial charge in [0.25, 0.3) is 5.56 Å². The normalized spacial score (nSPS) is 11.2. The highest BCUT2D eigenvalue weighted by Gasteiger charge is 2.21. The molecule has 0 saturated heterocycles. The summed E-state index contributed by atoms with van der Waals surface area (Å²) in [5, 5.41) is 0. The lowest BCUT2D eigenvalue weighted by molar-refractivity contribution is 0.665. The molecule has 2 aromatic rings. The van der Waals surface area contributed by atoms with Gasteiger partial charge in [0.05, 0.1) is 11.0 Å². The summed E-state index contributed by atoms with van der Waals surface area (Å²) in [5.41, 5.74) is 1.51. The van der Waals surface area contributed by atoms with E-state index in [4.69, 9.17) is 0 Å². The van der Waals surface area contributed by atoms with Crippen LogP contribution in [-0.4, -0.2) is 19.1 Å². The van der Waals surface area contributed by atoms with Crippen LogP contribution in [0.3, 0.4) is 0 Å². The van der Waals surface area contributed by atoms with Crippen LogP contribution in [0.25, 0.3) is 28.2 Å². The molecule has 0 unspecified atom stereocenters. The molecule has 118 valence electrons. The van der Waals surface area contributed by atoms with Gasteiger partial charge in [0.15, 0.2) is 11.5 Å². The number of fused-ring (bicyclic) bond motifs is 2. The molecular formula is C18H14N4O2. The van der Waals surface area contributed by atoms with Gasteiger partial charge in [-0.05, 0) is 31.2 Å². The molecular weight excluding hydrogens is 304 g/mol. The molecule has 0 spiro atoms. The van der Waals surface area contributed by atoms with E-state index in [-0.39, 0.29) is 18.1 Å². The second kappa shape index (κ2) is 5.42. The van der Waals surface area contributed by atoms with Crippen LogP contribution in [0.1, 0.15) is 6.92 Å². The number of para-hydroxylation sites is 3. The van der Waals surface area contributed by atoms with Crippen molar-refractivity contribution in [1.29, 1.82) is 0 Å². The first-order chi connectivity index (χ1) is 11.7. The van der Waals surface area contributed by atoms with Crippen LogP contribution >= 0.6 is 0 Å². The van der Waals surface area contributed by atoms with Crippen molar-refractivity contribution < 1.29 is 0 Å². The van der Waals surface area contributed by atoms with Crippen molar-refractivity contribution >= 4 is 11.0 Å². The molecule has 0 bridgehead atoms. The van der Waals surface area contributed by atoms with Gasteiger partial charge in [-0.15, -0.1) is 0 Å². The number of hydrogen-bond acceptors (Lipinski definition) is 4. The molecule has 2 aromatic carbocycles. The average Bonchev–Trinajstić information content (AvgIpc) is 2.61. The van der Waals surface area contributed by atoms with Gasteiger partial charge in [0.1, 0.15) is 0 Å². The summed E-state index contributed by atoms with van der Waals surface area (Å²) >= 11 is 0. The summed E-state index contributed by atoms with van der Waals surface area (Å²) in [6.45, 7) is 2.00. The minimum absolute atomic E-state index is 0.194. The third-order valence-electron chi connectivity index (χ3n) is 3.99. The Labute approximate surface area is 137 Å². The Morgan fingerprint density at radius 1 is 0.917 bits per heavy atom. The van der Waals surface area contributed by atoms with Gasteiger partial charge < -0.3 is 0 Å². The molecule has 6 heteroatoms. The van der Waals surface area contributed by atoms with Crippen LogP contribution in [-0.2, 0) is 6.54 Å². The fraction of sp³-hybridized carbons (Fsp3) is 0.111. The fourth-order valence-corrected chi connectivity index (χ4v) is 2.87. The molecule has 24 heavy (non-hydrogen) atoms. The van der Waals surface area contributed by atoms with E-state index in [9.17, 15) is 9.59 Å². The lowest BCUT2D eigenvalue weighted by Crippen LogP contribution is -2.38. The van der Waals surface area contributed by atoms with Crippen molar-refractivity contribution in [2.75, 3.05) is 0 Å². The maximum Gasteiger partial charge on any atom is 0.352 e. The largest absolute Gasteiger partial charge is 0.352 e. The number of rotatable bonds is 2. The number of aromatic nitrogens is 4. The van der Waals surface area contributed by atoms with E-state index in [0.717, 1.165) is 15.8 Å². The van der Waals surface area contributed by atoms with E-state index in [1.807, 2.05) is 54.6 Å². The van der Waals surface area contributed by atoms with Gasteiger partial charge in [0, 0.05) is 12.2 Å². The Morgan fingerprint density at radius 3 is 2.38 bits per heavy atom. The molecule has 6 nitrogen and oxygen atoms in total. The van der Waals surface area contributed by atoms with Crippen molar-refractivity contribution in [2.45, 2.75) is 13.5 Å². The summed E-state index contributed by atoms with van der Waals surface area (Å²) in [6, 6.07) is 17.0. The minimum atomic E-state index is -0.559. The molecule has 2 aliphatic rings. The van der Waals surface area contributed by atoms with E-state index in [1.165, 1.54) is 0 Å². The standard InChI is InChI=1S/C18H14N4O2/c1-2-21-17(23)15-16(20-18(21)24)22(12-8-4-3-5-9-12)14-11-7-6-10-13(14)19-15/h3-11H,2H2,1H3. The third kappa shape index (κ3) is 2.04. The predicted molar refractivity (Wildman–Crippen MR) is 91.7 cm³/mol. The molecule has 0 radical (unpaired) electrons. The van der Waals surface area contributed by atoms with E-state index in [0.29, 0.717) is 5.52 Å². The predicted octanol–water partition coefficient (Wildman–Crippen LogP) is 2.07. The van der Waals surface area contributed by atoms with E-state index in [1.54, 1.807) is 11.5 Å². The molecule has 0 fully saturated rings. The molecule has 0 aliphatic carbocycles. The van der Waals surface area contributed by atoms with Gasteiger partial charge in [-0.25, -0.2) is 9.78 Å². The highest BCUT2D eigenvalue weighted by atomic mass is 16.2. The molecule has 0 aromatic heterocycles. The zero-order valence-corrected chi connectivity index (χ0v) is 13.0. The quantitative estimate of drug-likeness (QED) is 0.531. The zero-order chi connectivity index (χ0) is 16.7. The van der Waals surface area contributed by atoms with Crippen LogP contribution in [0, 0.1) is 0 Å². The maximum absolute atomic E-state index is 12.7. The minimum Gasteiger partial charge on any atom is -0.291 e. The second-order valence-electron chi connectivity index (χ2n) is 5.39. The number of nitrogens with zero attached hydrogens (tertiary/aromatic N) is 4. The Kier molecular flexibility index (Phi) is 3.23. The molecule has 2 heterocycles. The summed E-state index contributed by atoms with van der Waals surface area (Å²) in [4.78, 5) is 33.5. The van der Waals surface area contributed by atoms with Crippen LogP contribution in [0.2, 0.25) is 0 Å². The maximum atomic E-state index is 12.7. The van der Waals surface area contributed by atoms with Crippen LogP contribution < -0.4 is 11.2 Å². The van der Waals surface area contributed by atoms with Gasteiger partial charge in [0.2, 0.25) is 0 Å². The first-order valence-electron chi connectivity index (χ1n) is 7.68. The third-order valence-corrected chi connectivity index (χ3v) is 3.99. The fourth-order valence-electron chi connectivity index (χ4n) is 2.87. The molecule has 0 N–H and O–H groups in total. The van der Waals surface area contributed by atoms with Crippen molar-refractivity contribution in [3.05, 3.63) is 75.4 Å². The average molecular weight is 318 g/mol. The van der Waals surface area contributed by atoms with Crippen molar-refractivity contribution in [3.63, 3.8) is 0 Å². The Balaban J connectivity index is 2.26. The topological polar surface area (TPSA) is 69.8 Å². The molecule has 0 saturated carbocycles. The Hall–Kier alpha value is -3.28. The summed E-state index contributed by atoms with van der Waals surface area (Å²) < 4.78 is 2.90. The van der Waals surface area contributed by atoms with Crippen LogP contribution in [0.5, 0.6) is 0 Å². The highest BCUT2D eigenvalue weighted by molar-refractivity contribution is 5.81. The lowest BCUT2D eigenvalue weighted by Gasteiger charge is -2.17. The van der Waals surface area contributed by atoms with Crippen molar-refractivity contribution in [3.8, 4) is 17.2 Å². The monoisotopic (exact) mass is 318 g/mol. The zero-order valence-electron chi connectivity index (χ0n) is 13.0. The van der Waals surface area contributed by atoms with Crippen molar-refractivity contribution in [2.24, 2.45) is 0 Å². The molecule has 2 aliphatic heterocycles. The van der Waals surface area contributed by atoms with Crippen LogP contribution in [0.4, 0.5) is 0 Å². The van der Waals surface area contributed by atoms with Gasteiger partial charge >= 0.3 is 5.69 Å². The second-order valence-corrected chi connectivity index (χ2v) is 5.39. The first kappa shape index (κ1) is 14.3. The summed E-state index contributed by atoms with van der Waals surface area (Å²) in [7, 11) is 0. The Morgan fingerprint density at radius 2 is 1.62 bits per heavy atom. The van der Waals surface area contributed by atoms with E-state index < -0.39 is 11.2 Å². The smallest absolute Gasteiger partial charge is 0.291 e. The van der Waals surface area contributed by atoms with Crippen LogP contribution in [0.15, 0.2) is 64.2 Å². The SMILES string of the molecule is CCn1c(=O)nc2n(-c3ccccc3)c3ccccc3nc-2c1=O. The molecule has 0 atom stereocenters. The molecule has 0 amide bonds. The number of benzene rings is 2. The lowest BCUT2D eigenvalue weighted by atomic mass is 10.2. The van der Waals surface area contributed by atoms with Gasteiger partial charge in [-0.1, -0.05) is 30.3 Å². The summed E-state index contributed by atoms with van der Waals surface area (Å²) in [6.07, 6.45) is 0. The van der Waals surface area contributed by atoms with Gasteiger partial charge in [-0.3, -0.25) is 13.9 Å². The first-order valence-corrected chi connectivity index (χ1v) is 7.68. The van der Waals surface area contributed by atoms with Crippen molar-refractivity contribution in [1.82, 2.24) is 19.1 Å². The highest BCUT2D eigenvalue weighted by Crippen LogP contribution is 2.24. The van der Waals surface area contributed by atoms with E-state index >= 15 is 0 Å². The van der Waals surface area contributed by atoms with Gasteiger partial charge in [-0.2, -0.15) is 4.98 Å². The van der Waals surface area contributed by atoms with E-state index in [2.05, 4.69) is 9.97 Å².